The maximum absolute atomic E-state index is 12.6. The van der Waals surface area contributed by atoms with E-state index in [1.807, 2.05) is 19.1 Å². The van der Waals surface area contributed by atoms with Gasteiger partial charge in [0.25, 0.3) is 0 Å². The third-order valence-electron chi connectivity index (χ3n) is 3.69. The summed E-state index contributed by atoms with van der Waals surface area (Å²) in [4.78, 5) is 0.389. The van der Waals surface area contributed by atoms with Crippen LogP contribution in [0, 0.1) is 0 Å². The van der Waals surface area contributed by atoms with E-state index in [0.717, 1.165) is 5.56 Å². The standard InChI is InChI=1S/C15H24N2O2S.ClH/c1-12-11-17(10-9-16-12)20(18,19)14-7-5-13(6-8-14)15(2,3)4;/h5-8,12,16H,9-11H2,1-4H3;1H. The van der Waals surface area contributed by atoms with Crippen LogP contribution in [0.4, 0.5) is 0 Å². The van der Waals surface area contributed by atoms with Crippen LogP contribution in [0.5, 0.6) is 0 Å². The summed E-state index contributed by atoms with van der Waals surface area (Å²) in [6, 6.07) is 7.48. The predicted octanol–water partition coefficient (Wildman–Crippen LogP) is 2.39. The van der Waals surface area contributed by atoms with Crippen LogP contribution in [0.1, 0.15) is 33.3 Å². The van der Waals surface area contributed by atoms with E-state index in [1.54, 1.807) is 16.4 Å². The van der Waals surface area contributed by atoms with E-state index in [1.165, 1.54) is 0 Å². The van der Waals surface area contributed by atoms with Crippen LogP contribution in [0.25, 0.3) is 0 Å². The molecule has 1 heterocycles. The second-order valence-corrected chi connectivity index (χ2v) is 8.43. The summed E-state index contributed by atoms with van der Waals surface area (Å²) < 4.78 is 26.8. The zero-order valence-electron chi connectivity index (χ0n) is 13.1. The molecule has 1 fully saturated rings. The van der Waals surface area contributed by atoms with Crippen molar-refractivity contribution in [1.29, 1.82) is 0 Å². The van der Waals surface area contributed by atoms with Crippen LogP contribution in [0.15, 0.2) is 29.2 Å². The number of hydrogen-bond acceptors (Lipinski definition) is 3. The van der Waals surface area contributed by atoms with Crippen molar-refractivity contribution in [3.63, 3.8) is 0 Å². The third-order valence-corrected chi connectivity index (χ3v) is 5.57. The van der Waals surface area contributed by atoms with Gasteiger partial charge in [0, 0.05) is 25.7 Å². The van der Waals surface area contributed by atoms with Gasteiger partial charge >= 0.3 is 0 Å². The maximum Gasteiger partial charge on any atom is 0.243 e. The van der Waals surface area contributed by atoms with Gasteiger partial charge in [-0.05, 0) is 30.0 Å². The summed E-state index contributed by atoms with van der Waals surface area (Å²) in [6.45, 7) is 10.1. The molecule has 0 spiro atoms. The second-order valence-electron chi connectivity index (χ2n) is 6.49. The molecule has 120 valence electrons. The van der Waals surface area contributed by atoms with Gasteiger partial charge in [-0.2, -0.15) is 4.31 Å². The number of rotatable bonds is 2. The highest BCUT2D eigenvalue weighted by molar-refractivity contribution is 7.89. The lowest BCUT2D eigenvalue weighted by Crippen LogP contribution is -2.51. The Bertz CT molecular complexity index is 564. The predicted molar refractivity (Wildman–Crippen MR) is 88.6 cm³/mol. The molecular formula is C15H25ClN2O2S. The van der Waals surface area contributed by atoms with Crippen LogP contribution >= 0.6 is 12.4 Å². The third kappa shape index (κ3) is 4.19. The summed E-state index contributed by atoms with van der Waals surface area (Å²) in [7, 11) is -3.36. The first-order valence-corrected chi connectivity index (χ1v) is 8.49. The maximum atomic E-state index is 12.6. The Morgan fingerprint density at radius 1 is 1.19 bits per heavy atom. The number of piperazine rings is 1. The molecule has 2 rings (SSSR count). The smallest absolute Gasteiger partial charge is 0.243 e. The van der Waals surface area contributed by atoms with Gasteiger partial charge in [-0.25, -0.2) is 8.42 Å². The molecule has 4 nitrogen and oxygen atoms in total. The minimum Gasteiger partial charge on any atom is -0.312 e. The SMILES string of the molecule is CC1CN(S(=O)(=O)c2ccc(C(C)(C)C)cc2)CCN1.Cl. The summed E-state index contributed by atoms with van der Waals surface area (Å²) in [5.74, 6) is 0. The van der Waals surface area contributed by atoms with Crippen molar-refractivity contribution in [3.05, 3.63) is 29.8 Å². The number of benzene rings is 1. The quantitative estimate of drug-likeness (QED) is 0.904. The topological polar surface area (TPSA) is 49.4 Å². The molecule has 1 unspecified atom stereocenters. The Hall–Kier alpha value is -0.620. The summed E-state index contributed by atoms with van der Waals surface area (Å²) in [5, 5.41) is 3.26. The molecule has 1 N–H and O–H groups in total. The molecular weight excluding hydrogens is 308 g/mol. The molecule has 21 heavy (non-hydrogen) atoms. The number of sulfonamides is 1. The molecule has 0 aromatic heterocycles. The van der Waals surface area contributed by atoms with Crippen LogP contribution < -0.4 is 5.32 Å². The summed E-state index contributed by atoms with van der Waals surface area (Å²) in [5.41, 5.74) is 1.18. The average Bonchev–Trinajstić information content (AvgIpc) is 2.38. The van der Waals surface area contributed by atoms with Crippen LogP contribution in [0.2, 0.25) is 0 Å². The lowest BCUT2D eigenvalue weighted by atomic mass is 9.87. The van der Waals surface area contributed by atoms with Crippen LogP contribution in [-0.4, -0.2) is 38.4 Å². The van der Waals surface area contributed by atoms with Crippen molar-refractivity contribution in [3.8, 4) is 0 Å². The summed E-state index contributed by atoms with van der Waals surface area (Å²) >= 11 is 0. The van der Waals surface area contributed by atoms with E-state index in [0.29, 0.717) is 24.5 Å². The first-order chi connectivity index (χ1) is 9.21. The molecule has 1 saturated heterocycles. The Morgan fingerprint density at radius 3 is 2.24 bits per heavy atom. The van der Waals surface area contributed by atoms with Gasteiger partial charge in [0.05, 0.1) is 4.90 Å². The monoisotopic (exact) mass is 332 g/mol. The molecule has 0 aliphatic carbocycles. The molecule has 0 saturated carbocycles. The van der Waals surface area contributed by atoms with Crippen molar-refractivity contribution in [2.45, 2.75) is 44.0 Å². The Balaban J connectivity index is 0.00000220. The van der Waals surface area contributed by atoms with E-state index in [9.17, 15) is 8.42 Å². The van der Waals surface area contributed by atoms with Crippen molar-refractivity contribution in [2.24, 2.45) is 0 Å². The molecule has 0 radical (unpaired) electrons. The number of nitrogens with zero attached hydrogens (tertiary/aromatic N) is 1. The highest BCUT2D eigenvalue weighted by Crippen LogP contribution is 2.24. The molecule has 1 aromatic rings. The number of halogens is 1. The van der Waals surface area contributed by atoms with E-state index >= 15 is 0 Å². The van der Waals surface area contributed by atoms with Crippen molar-refractivity contribution >= 4 is 22.4 Å². The zero-order valence-corrected chi connectivity index (χ0v) is 14.7. The van der Waals surface area contributed by atoms with Gasteiger partial charge in [-0.3, -0.25) is 0 Å². The van der Waals surface area contributed by atoms with Crippen molar-refractivity contribution < 1.29 is 8.42 Å². The lowest BCUT2D eigenvalue weighted by molar-refractivity contribution is 0.310. The fourth-order valence-corrected chi connectivity index (χ4v) is 3.92. The minimum atomic E-state index is -3.36. The van der Waals surface area contributed by atoms with Crippen LogP contribution in [0.3, 0.4) is 0 Å². The van der Waals surface area contributed by atoms with Gasteiger partial charge in [-0.1, -0.05) is 32.9 Å². The molecule has 1 aromatic carbocycles. The minimum absolute atomic E-state index is 0. The Morgan fingerprint density at radius 2 is 1.76 bits per heavy atom. The average molecular weight is 333 g/mol. The highest BCUT2D eigenvalue weighted by atomic mass is 35.5. The van der Waals surface area contributed by atoms with Crippen molar-refractivity contribution in [1.82, 2.24) is 9.62 Å². The Kier molecular flexibility index (Phi) is 5.83. The van der Waals surface area contributed by atoms with Gasteiger partial charge in [0.2, 0.25) is 10.0 Å². The first kappa shape index (κ1) is 18.4. The lowest BCUT2D eigenvalue weighted by Gasteiger charge is -2.31. The fourth-order valence-electron chi connectivity index (χ4n) is 2.39. The number of hydrogen-bond donors (Lipinski definition) is 1. The molecule has 0 bridgehead atoms. The van der Waals surface area contributed by atoms with Crippen LogP contribution in [-0.2, 0) is 15.4 Å². The zero-order chi connectivity index (χ0) is 15.0. The van der Waals surface area contributed by atoms with E-state index in [2.05, 4.69) is 26.1 Å². The largest absolute Gasteiger partial charge is 0.312 e. The van der Waals surface area contributed by atoms with Gasteiger partial charge < -0.3 is 5.32 Å². The molecule has 1 aliphatic rings. The first-order valence-electron chi connectivity index (χ1n) is 7.05. The molecule has 1 atom stereocenters. The van der Waals surface area contributed by atoms with Gasteiger partial charge in [-0.15, -0.1) is 12.4 Å². The normalized spacial score (nSPS) is 20.9. The molecule has 6 heteroatoms. The Labute approximate surface area is 134 Å². The van der Waals surface area contributed by atoms with E-state index in [-0.39, 0.29) is 23.9 Å². The van der Waals surface area contributed by atoms with Crippen molar-refractivity contribution in [2.75, 3.05) is 19.6 Å². The van der Waals surface area contributed by atoms with Gasteiger partial charge in [0.15, 0.2) is 0 Å². The summed E-state index contributed by atoms with van der Waals surface area (Å²) in [6.07, 6.45) is 0. The van der Waals surface area contributed by atoms with E-state index in [4.69, 9.17) is 0 Å². The molecule has 0 amide bonds. The van der Waals surface area contributed by atoms with Gasteiger partial charge in [0.1, 0.15) is 0 Å². The fraction of sp³-hybridized carbons (Fsp3) is 0.600. The van der Waals surface area contributed by atoms with E-state index < -0.39 is 10.0 Å². The number of nitrogens with one attached hydrogen (secondary N) is 1. The second kappa shape index (κ2) is 6.65. The molecule has 1 aliphatic heterocycles. The highest BCUT2D eigenvalue weighted by Gasteiger charge is 2.28.